The molecule has 1 N–H and O–H groups in total. The summed E-state index contributed by atoms with van der Waals surface area (Å²) in [6, 6.07) is 3.74. The second kappa shape index (κ2) is 4.45. The molecule has 0 saturated carbocycles. The molecule has 0 aromatic carbocycles. The zero-order valence-electron chi connectivity index (χ0n) is 9.17. The molecule has 2 rings (SSSR count). The molecule has 5 heteroatoms. The maximum absolute atomic E-state index is 9.80. The van der Waals surface area contributed by atoms with Crippen LogP contribution in [0.3, 0.4) is 0 Å². The number of β-amino-alcohol motifs (C(OH)–C–C–N with tert-alkyl or cyclic N) is 1. The van der Waals surface area contributed by atoms with Gasteiger partial charge in [-0.3, -0.25) is 0 Å². The van der Waals surface area contributed by atoms with Crippen molar-refractivity contribution in [1.82, 2.24) is 10.2 Å². The van der Waals surface area contributed by atoms with Crippen molar-refractivity contribution in [2.75, 3.05) is 18.0 Å². The molecule has 0 aliphatic carbocycles. The van der Waals surface area contributed by atoms with E-state index in [1.807, 2.05) is 11.8 Å². The number of aliphatic hydroxyl groups excluding tert-OH is 1. The first kappa shape index (κ1) is 10.8. The van der Waals surface area contributed by atoms with Gasteiger partial charge in [0, 0.05) is 13.1 Å². The van der Waals surface area contributed by atoms with Crippen molar-refractivity contribution in [2.24, 2.45) is 5.92 Å². The quantitative estimate of drug-likeness (QED) is 0.745. The van der Waals surface area contributed by atoms with E-state index in [0.29, 0.717) is 23.8 Å². The highest BCUT2D eigenvalue weighted by molar-refractivity contribution is 5.52. The highest BCUT2D eigenvalue weighted by atomic mass is 16.3. The van der Waals surface area contributed by atoms with Crippen LogP contribution in [0.1, 0.15) is 18.9 Å². The third kappa shape index (κ3) is 1.97. The van der Waals surface area contributed by atoms with Crippen molar-refractivity contribution >= 4 is 5.82 Å². The Morgan fingerprint density at radius 2 is 2.44 bits per heavy atom. The van der Waals surface area contributed by atoms with Gasteiger partial charge < -0.3 is 10.0 Å². The van der Waals surface area contributed by atoms with Crippen LogP contribution < -0.4 is 4.90 Å². The molecule has 0 spiro atoms. The minimum absolute atomic E-state index is 0.304. The molecule has 1 aliphatic rings. The van der Waals surface area contributed by atoms with Gasteiger partial charge in [-0.15, -0.1) is 5.10 Å². The van der Waals surface area contributed by atoms with Crippen LogP contribution in [0.5, 0.6) is 0 Å². The van der Waals surface area contributed by atoms with Crippen LogP contribution in [0.15, 0.2) is 12.3 Å². The number of hydrogen-bond acceptors (Lipinski definition) is 5. The lowest BCUT2D eigenvalue weighted by Gasteiger charge is -2.34. The lowest BCUT2D eigenvalue weighted by atomic mass is 9.96. The summed E-state index contributed by atoms with van der Waals surface area (Å²) in [6.45, 7) is 3.37. The van der Waals surface area contributed by atoms with E-state index in [1.54, 1.807) is 6.07 Å². The molecule has 0 bridgehead atoms. The summed E-state index contributed by atoms with van der Waals surface area (Å²) in [5.41, 5.74) is 0.511. The van der Waals surface area contributed by atoms with Crippen molar-refractivity contribution in [3.05, 3.63) is 17.8 Å². The Kier molecular flexibility index (Phi) is 3.02. The standard InChI is InChI=1S/C11H14N4O/c1-8-3-5-15(7-10(8)16)11-9(6-12)2-4-13-14-11/h2,4,8,10,16H,3,5,7H2,1H3. The molecule has 16 heavy (non-hydrogen) atoms. The van der Waals surface area contributed by atoms with Gasteiger partial charge in [0.15, 0.2) is 5.82 Å². The maximum atomic E-state index is 9.80. The third-order valence-electron chi connectivity index (χ3n) is 3.04. The van der Waals surface area contributed by atoms with Crippen LogP contribution in [0, 0.1) is 17.2 Å². The Labute approximate surface area is 94.3 Å². The Balaban J connectivity index is 2.22. The van der Waals surface area contributed by atoms with E-state index in [-0.39, 0.29) is 6.10 Å². The average Bonchev–Trinajstić information content (AvgIpc) is 2.32. The van der Waals surface area contributed by atoms with Gasteiger partial charge in [0.05, 0.1) is 17.9 Å². The van der Waals surface area contributed by atoms with E-state index in [4.69, 9.17) is 5.26 Å². The van der Waals surface area contributed by atoms with Crippen molar-refractivity contribution in [3.63, 3.8) is 0 Å². The molecule has 5 nitrogen and oxygen atoms in total. The average molecular weight is 218 g/mol. The molecule has 0 amide bonds. The fourth-order valence-electron chi connectivity index (χ4n) is 1.89. The SMILES string of the molecule is CC1CCN(c2nnccc2C#N)CC1O. The molecule has 1 aliphatic heterocycles. The molecule has 1 aromatic heterocycles. The van der Waals surface area contributed by atoms with E-state index in [1.165, 1.54) is 6.20 Å². The van der Waals surface area contributed by atoms with Crippen molar-refractivity contribution in [1.29, 1.82) is 5.26 Å². The van der Waals surface area contributed by atoms with Gasteiger partial charge in [0.2, 0.25) is 0 Å². The predicted molar refractivity (Wildman–Crippen MR) is 58.7 cm³/mol. The Bertz CT molecular complexity index is 415. The fourth-order valence-corrected chi connectivity index (χ4v) is 1.89. The van der Waals surface area contributed by atoms with Gasteiger partial charge in [-0.1, -0.05) is 6.92 Å². The van der Waals surface area contributed by atoms with Gasteiger partial charge in [-0.25, -0.2) is 0 Å². The number of aliphatic hydroxyl groups is 1. The summed E-state index contributed by atoms with van der Waals surface area (Å²) < 4.78 is 0. The number of piperidine rings is 1. The smallest absolute Gasteiger partial charge is 0.169 e. The minimum Gasteiger partial charge on any atom is -0.391 e. The maximum Gasteiger partial charge on any atom is 0.169 e. The van der Waals surface area contributed by atoms with E-state index in [9.17, 15) is 5.11 Å². The molecule has 84 valence electrons. The van der Waals surface area contributed by atoms with Crippen molar-refractivity contribution in [3.8, 4) is 6.07 Å². The van der Waals surface area contributed by atoms with Crippen LogP contribution in [0.25, 0.3) is 0 Å². The Morgan fingerprint density at radius 3 is 3.12 bits per heavy atom. The lowest BCUT2D eigenvalue weighted by molar-refractivity contribution is 0.102. The number of aromatic nitrogens is 2. The van der Waals surface area contributed by atoms with Crippen LogP contribution in [-0.2, 0) is 0 Å². The molecule has 1 fully saturated rings. The largest absolute Gasteiger partial charge is 0.391 e. The van der Waals surface area contributed by atoms with Crippen LogP contribution >= 0.6 is 0 Å². The zero-order chi connectivity index (χ0) is 11.5. The summed E-state index contributed by atoms with van der Waals surface area (Å²) in [4.78, 5) is 1.93. The highest BCUT2D eigenvalue weighted by Gasteiger charge is 2.26. The second-order valence-corrected chi connectivity index (χ2v) is 4.16. The lowest BCUT2D eigenvalue weighted by Crippen LogP contribution is -2.43. The predicted octanol–water partition coefficient (Wildman–Crippen LogP) is 0.555. The first-order valence-electron chi connectivity index (χ1n) is 5.37. The van der Waals surface area contributed by atoms with Gasteiger partial charge in [0.1, 0.15) is 6.07 Å². The number of anilines is 1. The van der Waals surface area contributed by atoms with Crippen molar-refractivity contribution < 1.29 is 5.11 Å². The molecule has 1 saturated heterocycles. The Hall–Kier alpha value is -1.67. The van der Waals surface area contributed by atoms with Gasteiger partial charge >= 0.3 is 0 Å². The summed E-state index contributed by atoms with van der Waals surface area (Å²) in [7, 11) is 0. The molecular weight excluding hydrogens is 204 g/mol. The van der Waals surface area contributed by atoms with Crippen molar-refractivity contribution in [2.45, 2.75) is 19.4 Å². The molecule has 1 aromatic rings. The molecule has 0 radical (unpaired) electrons. The number of nitrogens with zero attached hydrogens (tertiary/aromatic N) is 4. The van der Waals surface area contributed by atoms with E-state index in [2.05, 4.69) is 16.3 Å². The van der Waals surface area contributed by atoms with E-state index >= 15 is 0 Å². The fraction of sp³-hybridized carbons (Fsp3) is 0.545. The van der Waals surface area contributed by atoms with Crippen LogP contribution in [-0.4, -0.2) is 34.5 Å². The topological polar surface area (TPSA) is 73.0 Å². The molecule has 2 atom stereocenters. The Morgan fingerprint density at radius 1 is 1.62 bits per heavy atom. The number of nitriles is 1. The van der Waals surface area contributed by atoms with Crippen LogP contribution in [0.4, 0.5) is 5.82 Å². The molecular formula is C11H14N4O. The molecule has 2 heterocycles. The second-order valence-electron chi connectivity index (χ2n) is 4.16. The highest BCUT2D eigenvalue weighted by Crippen LogP contribution is 2.23. The number of rotatable bonds is 1. The minimum atomic E-state index is -0.359. The summed E-state index contributed by atoms with van der Waals surface area (Å²) in [5, 5.41) is 26.5. The van der Waals surface area contributed by atoms with E-state index < -0.39 is 0 Å². The van der Waals surface area contributed by atoms with Gasteiger partial charge in [-0.05, 0) is 18.4 Å². The van der Waals surface area contributed by atoms with E-state index in [0.717, 1.165) is 13.0 Å². The summed E-state index contributed by atoms with van der Waals surface area (Å²) >= 11 is 0. The monoisotopic (exact) mass is 218 g/mol. The normalized spacial score (nSPS) is 25.2. The first-order chi connectivity index (χ1) is 7.72. The number of hydrogen-bond donors (Lipinski definition) is 1. The molecule has 2 unspecified atom stereocenters. The first-order valence-corrected chi connectivity index (χ1v) is 5.37. The van der Waals surface area contributed by atoms with Gasteiger partial charge in [-0.2, -0.15) is 10.4 Å². The summed E-state index contributed by atoms with van der Waals surface area (Å²) in [6.07, 6.45) is 2.05. The van der Waals surface area contributed by atoms with Gasteiger partial charge in [0.25, 0.3) is 0 Å². The van der Waals surface area contributed by atoms with Crippen LogP contribution in [0.2, 0.25) is 0 Å². The third-order valence-corrected chi connectivity index (χ3v) is 3.04. The zero-order valence-corrected chi connectivity index (χ0v) is 9.17. The summed E-state index contributed by atoms with van der Waals surface area (Å²) in [5.74, 6) is 0.884.